The number of hydrogen-bond acceptors (Lipinski definition) is 2. The molecule has 0 fully saturated rings. The second-order valence-electron chi connectivity index (χ2n) is 5.60. The van der Waals surface area contributed by atoms with E-state index in [1.54, 1.807) is 18.2 Å². The highest BCUT2D eigenvalue weighted by atomic mass is 35.5. The molecule has 25 heavy (non-hydrogen) atoms. The van der Waals surface area contributed by atoms with Crippen LogP contribution < -0.4 is 5.32 Å². The Kier molecular flexibility index (Phi) is 6.78. The van der Waals surface area contributed by atoms with Gasteiger partial charge in [0.05, 0.1) is 0 Å². The summed E-state index contributed by atoms with van der Waals surface area (Å²) in [6.07, 6.45) is 3.22. The largest absolute Gasteiger partial charge is 0.330 e. The van der Waals surface area contributed by atoms with Crippen LogP contribution in [0.4, 0.5) is 5.69 Å². The molecule has 1 N–H and O–H groups in total. The van der Waals surface area contributed by atoms with Crippen LogP contribution >= 0.6 is 11.6 Å². The molecule has 0 aliphatic heterocycles. The molecule has 2 aromatic rings. The van der Waals surface area contributed by atoms with E-state index in [0.29, 0.717) is 17.3 Å². The van der Waals surface area contributed by atoms with Gasteiger partial charge >= 0.3 is 0 Å². The van der Waals surface area contributed by atoms with E-state index in [4.69, 9.17) is 11.6 Å². The second kappa shape index (κ2) is 9.04. The number of nitrogens with one attached hydrogen (secondary N) is 1. The minimum atomic E-state index is -0.256. The number of rotatable bonds is 6. The van der Waals surface area contributed by atoms with Crippen LogP contribution in [0, 0.1) is 6.92 Å². The number of hydrogen-bond donors (Lipinski definition) is 1. The van der Waals surface area contributed by atoms with Crippen molar-refractivity contribution < 1.29 is 9.59 Å². The SMILES string of the molecule is CCN(CC(=O)Nc1cc(Cl)ccc1C)C(=O)/C=C/c1ccccc1. The minimum absolute atomic E-state index is 0.0135. The highest BCUT2D eigenvalue weighted by Crippen LogP contribution is 2.20. The van der Waals surface area contributed by atoms with Gasteiger partial charge in [-0.3, -0.25) is 9.59 Å². The van der Waals surface area contributed by atoms with Crippen LogP contribution in [-0.4, -0.2) is 29.8 Å². The molecule has 0 saturated carbocycles. The highest BCUT2D eigenvalue weighted by molar-refractivity contribution is 6.31. The number of amides is 2. The minimum Gasteiger partial charge on any atom is -0.330 e. The lowest BCUT2D eigenvalue weighted by Crippen LogP contribution is -2.37. The van der Waals surface area contributed by atoms with Crippen LogP contribution in [-0.2, 0) is 9.59 Å². The van der Waals surface area contributed by atoms with Crippen molar-refractivity contribution in [3.8, 4) is 0 Å². The average molecular weight is 357 g/mol. The van der Waals surface area contributed by atoms with E-state index in [-0.39, 0.29) is 18.4 Å². The van der Waals surface area contributed by atoms with Gasteiger partial charge in [-0.1, -0.05) is 48.0 Å². The third kappa shape index (κ3) is 5.76. The van der Waals surface area contributed by atoms with Gasteiger partial charge in [0.25, 0.3) is 0 Å². The Hall–Kier alpha value is -2.59. The summed E-state index contributed by atoms with van der Waals surface area (Å²) in [6.45, 7) is 4.16. The summed E-state index contributed by atoms with van der Waals surface area (Å²) in [7, 11) is 0. The summed E-state index contributed by atoms with van der Waals surface area (Å²) >= 11 is 5.96. The van der Waals surface area contributed by atoms with Gasteiger partial charge < -0.3 is 10.2 Å². The lowest BCUT2D eigenvalue weighted by Gasteiger charge is -2.19. The molecule has 0 unspecified atom stereocenters. The van der Waals surface area contributed by atoms with Crippen LogP contribution in [0.1, 0.15) is 18.1 Å². The normalized spacial score (nSPS) is 10.7. The first-order valence-electron chi connectivity index (χ1n) is 8.07. The molecule has 0 aliphatic rings. The number of nitrogens with zero attached hydrogens (tertiary/aromatic N) is 1. The van der Waals surface area contributed by atoms with Crippen molar-refractivity contribution >= 4 is 35.2 Å². The Morgan fingerprint density at radius 3 is 2.56 bits per heavy atom. The molecule has 2 rings (SSSR count). The molecule has 0 bridgehead atoms. The fourth-order valence-electron chi connectivity index (χ4n) is 2.27. The molecule has 4 nitrogen and oxygen atoms in total. The molecule has 0 radical (unpaired) electrons. The number of likely N-dealkylation sites (N-methyl/N-ethyl adjacent to an activating group) is 1. The molecule has 0 spiro atoms. The van der Waals surface area contributed by atoms with Gasteiger partial charge in [-0.05, 0) is 43.2 Å². The molecule has 2 amide bonds. The number of carbonyl (C=O) groups excluding carboxylic acids is 2. The third-order valence-corrected chi connectivity index (χ3v) is 3.95. The number of anilines is 1. The van der Waals surface area contributed by atoms with Crippen molar-refractivity contribution in [2.24, 2.45) is 0 Å². The predicted octanol–water partition coefficient (Wildman–Crippen LogP) is 4.15. The fraction of sp³-hybridized carbons (Fsp3) is 0.200. The van der Waals surface area contributed by atoms with Crippen molar-refractivity contribution in [2.45, 2.75) is 13.8 Å². The number of aryl methyl sites for hydroxylation is 1. The Bertz CT molecular complexity index is 773. The van der Waals surface area contributed by atoms with Crippen molar-refractivity contribution in [3.63, 3.8) is 0 Å². The van der Waals surface area contributed by atoms with E-state index in [0.717, 1.165) is 11.1 Å². The summed E-state index contributed by atoms with van der Waals surface area (Å²) in [4.78, 5) is 26.0. The maximum atomic E-state index is 12.3. The summed E-state index contributed by atoms with van der Waals surface area (Å²) in [6, 6.07) is 14.8. The van der Waals surface area contributed by atoms with Crippen LogP contribution in [0.2, 0.25) is 5.02 Å². The average Bonchev–Trinajstić information content (AvgIpc) is 2.61. The van der Waals surface area contributed by atoms with Gasteiger partial charge in [-0.15, -0.1) is 0 Å². The molecule has 0 aliphatic carbocycles. The molecular formula is C20H21ClN2O2. The monoisotopic (exact) mass is 356 g/mol. The maximum absolute atomic E-state index is 12.3. The van der Waals surface area contributed by atoms with Crippen LogP contribution in [0.5, 0.6) is 0 Å². The van der Waals surface area contributed by atoms with Crippen molar-refractivity contribution in [3.05, 3.63) is 70.8 Å². The van der Waals surface area contributed by atoms with E-state index in [1.165, 1.54) is 11.0 Å². The second-order valence-corrected chi connectivity index (χ2v) is 6.04. The number of carbonyl (C=O) groups is 2. The first kappa shape index (κ1) is 18.7. The Morgan fingerprint density at radius 1 is 1.16 bits per heavy atom. The Morgan fingerprint density at radius 2 is 1.88 bits per heavy atom. The maximum Gasteiger partial charge on any atom is 0.247 e. The highest BCUT2D eigenvalue weighted by Gasteiger charge is 2.14. The Balaban J connectivity index is 1.98. The van der Waals surface area contributed by atoms with Crippen molar-refractivity contribution in [1.29, 1.82) is 0 Å². The zero-order chi connectivity index (χ0) is 18.2. The zero-order valence-electron chi connectivity index (χ0n) is 14.3. The molecule has 0 heterocycles. The molecule has 5 heteroatoms. The van der Waals surface area contributed by atoms with E-state index in [1.807, 2.05) is 50.2 Å². The summed E-state index contributed by atoms with van der Waals surface area (Å²) in [5.74, 6) is -0.460. The van der Waals surface area contributed by atoms with Gasteiger partial charge in [0.1, 0.15) is 6.54 Å². The lowest BCUT2D eigenvalue weighted by molar-refractivity contribution is -0.130. The van der Waals surface area contributed by atoms with E-state index >= 15 is 0 Å². The Labute approximate surface area is 153 Å². The molecular weight excluding hydrogens is 336 g/mol. The molecule has 130 valence electrons. The van der Waals surface area contributed by atoms with E-state index in [2.05, 4.69) is 5.32 Å². The summed E-state index contributed by atoms with van der Waals surface area (Å²) in [5, 5.41) is 3.35. The molecule has 0 saturated heterocycles. The number of halogens is 1. The van der Waals surface area contributed by atoms with Gasteiger partial charge in [0, 0.05) is 23.3 Å². The van der Waals surface area contributed by atoms with Crippen LogP contribution in [0.3, 0.4) is 0 Å². The van der Waals surface area contributed by atoms with Crippen LogP contribution in [0.15, 0.2) is 54.6 Å². The first-order valence-corrected chi connectivity index (χ1v) is 8.45. The summed E-state index contributed by atoms with van der Waals surface area (Å²) < 4.78 is 0. The van der Waals surface area contributed by atoms with Gasteiger partial charge in [0.2, 0.25) is 11.8 Å². The first-order chi connectivity index (χ1) is 12.0. The topological polar surface area (TPSA) is 49.4 Å². The standard InChI is InChI=1S/C20H21ClN2O2/c1-3-23(20(25)12-10-16-7-5-4-6-8-16)14-19(24)22-18-13-17(21)11-9-15(18)2/h4-13H,3,14H2,1-2H3,(H,22,24)/b12-10+. The third-order valence-electron chi connectivity index (χ3n) is 3.72. The molecule has 0 atom stereocenters. The van der Waals surface area contributed by atoms with Crippen molar-refractivity contribution in [1.82, 2.24) is 4.90 Å². The predicted molar refractivity (Wildman–Crippen MR) is 103 cm³/mol. The van der Waals surface area contributed by atoms with Gasteiger partial charge in [0.15, 0.2) is 0 Å². The quantitative estimate of drug-likeness (QED) is 0.790. The van der Waals surface area contributed by atoms with E-state index in [9.17, 15) is 9.59 Å². The number of benzene rings is 2. The van der Waals surface area contributed by atoms with Crippen LogP contribution in [0.25, 0.3) is 6.08 Å². The van der Waals surface area contributed by atoms with Crippen molar-refractivity contribution in [2.75, 3.05) is 18.4 Å². The van der Waals surface area contributed by atoms with Gasteiger partial charge in [-0.2, -0.15) is 0 Å². The van der Waals surface area contributed by atoms with E-state index < -0.39 is 0 Å². The lowest BCUT2D eigenvalue weighted by atomic mass is 10.2. The summed E-state index contributed by atoms with van der Waals surface area (Å²) in [5.41, 5.74) is 2.50. The smallest absolute Gasteiger partial charge is 0.247 e. The fourth-order valence-corrected chi connectivity index (χ4v) is 2.45. The molecule has 0 aromatic heterocycles. The van der Waals surface area contributed by atoms with Gasteiger partial charge in [-0.25, -0.2) is 0 Å². The zero-order valence-corrected chi connectivity index (χ0v) is 15.1. The molecule has 2 aromatic carbocycles.